The van der Waals surface area contributed by atoms with Gasteiger partial charge in [0.2, 0.25) is 5.91 Å². The third kappa shape index (κ3) is 3.85. The molecule has 1 atom stereocenters. The average Bonchev–Trinajstić information content (AvgIpc) is 3.00. The fourth-order valence-electron chi connectivity index (χ4n) is 3.21. The van der Waals surface area contributed by atoms with Gasteiger partial charge in [-0.15, -0.1) is 0 Å². The van der Waals surface area contributed by atoms with Crippen molar-refractivity contribution in [2.75, 3.05) is 12.3 Å². The van der Waals surface area contributed by atoms with Crippen LogP contribution < -0.4 is 5.73 Å². The van der Waals surface area contributed by atoms with Crippen LogP contribution in [-0.2, 0) is 17.6 Å². The highest BCUT2D eigenvalue weighted by Crippen LogP contribution is 2.25. The van der Waals surface area contributed by atoms with Gasteiger partial charge in [0.05, 0.1) is 6.42 Å². The molecule has 1 fully saturated rings. The number of likely N-dealkylation sites (tertiary alicyclic amines) is 1. The van der Waals surface area contributed by atoms with Crippen LogP contribution in [0.5, 0.6) is 0 Å². The highest BCUT2D eigenvalue weighted by Gasteiger charge is 2.29. The summed E-state index contributed by atoms with van der Waals surface area (Å²) in [7, 11) is 0. The van der Waals surface area contributed by atoms with E-state index in [0.717, 1.165) is 47.6 Å². The first-order valence-corrected chi connectivity index (χ1v) is 8.38. The van der Waals surface area contributed by atoms with Crippen molar-refractivity contribution in [3.05, 3.63) is 64.7 Å². The zero-order valence-corrected chi connectivity index (χ0v) is 13.8. The molecular weight excluding hydrogens is 308 g/mol. The summed E-state index contributed by atoms with van der Waals surface area (Å²) in [4.78, 5) is 14.7. The molecule has 2 aromatic rings. The van der Waals surface area contributed by atoms with Crippen LogP contribution >= 0.6 is 11.6 Å². The lowest BCUT2D eigenvalue weighted by molar-refractivity contribution is -0.131. The van der Waals surface area contributed by atoms with Crippen LogP contribution in [0.4, 0.5) is 5.69 Å². The van der Waals surface area contributed by atoms with Crippen LogP contribution in [0.15, 0.2) is 48.5 Å². The van der Waals surface area contributed by atoms with Crippen LogP contribution in [0.2, 0.25) is 5.02 Å². The zero-order valence-electron chi connectivity index (χ0n) is 13.0. The fraction of sp³-hybridized carbons (Fsp3) is 0.316. The first-order valence-electron chi connectivity index (χ1n) is 8.01. The van der Waals surface area contributed by atoms with Gasteiger partial charge in [-0.25, -0.2) is 0 Å². The second-order valence-corrected chi connectivity index (χ2v) is 6.50. The molecular formula is C19H21ClN2O. The lowest BCUT2D eigenvalue weighted by atomic mass is 10.0. The van der Waals surface area contributed by atoms with E-state index in [1.165, 1.54) is 0 Å². The van der Waals surface area contributed by atoms with E-state index in [1.54, 1.807) is 0 Å². The maximum absolute atomic E-state index is 12.6. The predicted molar refractivity (Wildman–Crippen MR) is 94.4 cm³/mol. The van der Waals surface area contributed by atoms with Gasteiger partial charge in [-0.1, -0.05) is 41.9 Å². The molecule has 120 valence electrons. The number of hydrogen-bond donors (Lipinski definition) is 1. The van der Waals surface area contributed by atoms with Crippen molar-refractivity contribution in [2.45, 2.75) is 31.7 Å². The molecule has 1 heterocycles. The van der Waals surface area contributed by atoms with Crippen molar-refractivity contribution < 1.29 is 4.79 Å². The molecule has 4 heteroatoms. The Morgan fingerprint density at radius 3 is 2.65 bits per heavy atom. The third-order valence-corrected chi connectivity index (χ3v) is 4.81. The van der Waals surface area contributed by atoms with Crippen LogP contribution in [0.1, 0.15) is 24.0 Å². The molecule has 0 aliphatic carbocycles. The summed E-state index contributed by atoms with van der Waals surface area (Å²) >= 11 is 6.26. The molecule has 0 bridgehead atoms. The van der Waals surface area contributed by atoms with Crippen LogP contribution in [0.25, 0.3) is 0 Å². The van der Waals surface area contributed by atoms with Gasteiger partial charge in [-0.3, -0.25) is 4.79 Å². The third-order valence-electron chi connectivity index (χ3n) is 4.45. The number of amides is 1. The summed E-state index contributed by atoms with van der Waals surface area (Å²) in [6.45, 7) is 0.836. The number of halogens is 1. The number of benzene rings is 2. The molecule has 0 spiro atoms. The maximum atomic E-state index is 12.6. The standard InChI is InChI=1S/C19H21ClN2O/c20-18-6-2-1-4-15(18)13-17-5-3-11-22(17)19(23)12-14-7-9-16(21)10-8-14/h1-2,4,6-10,17H,3,5,11-13,21H2. The van der Waals surface area contributed by atoms with E-state index in [0.29, 0.717) is 6.42 Å². The van der Waals surface area contributed by atoms with Gasteiger partial charge >= 0.3 is 0 Å². The van der Waals surface area contributed by atoms with E-state index in [1.807, 2.05) is 53.4 Å². The number of nitrogen functional groups attached to an aromatic ring is 1. The largest absolute Gasteiger partial charge is 0.399 e. The van der Waals surface area contributed by atoms with E-state index in [9.17, 15) is 4.79 Å². The second-order valence-electron chi connectivity index (χ2n) is 6.10. The Bertz CT molecular complexity index is 684. The molecule has 2 aromatic carbocycles. The molecule has 3 nitrogen and oxygen atoms in total. The molecule has 1 amide bonds. The monoisotopic (exact) mass is 328 g/mol. The lowest BCUT2D eigenvalue weighted by Crippen LogP contribution is -2.37. The summed E-state index contributed by atoms with van der Waals surface area (Å²) in [5.41, 5.74) is 8.54. The lowest BCUT2D eigenvalue weighted by Gasteiger charge is -2.25. The van der Waals surface area contributed by atoms with Gasteiger partial charge < -0.3 is 10.6 Å². The second kappa shape index (κ2) is 7.05. The number of carbonyl (C=O) groups excluding carboxylic acids is 1. The first-order chi connectivity index (χ1) is 11.1. The van der Waals surface area contributed by atoms with Gasteiger partial charge in [-0.2, -0.15) is 0 Å². The van der Waals surface area contributed by atoms with E-state index < -0.39 is 0 Å². The van der Waals surface area contributed by atoms with Crippen molar-refractivity contribution in [3.63, 3.8) is 0 Å². The van der Waals surface area contributed by atoms with E-state index in [4.69, 9.17) is 17.3 Å². The Morgan fingerprint density at radius 1 is 1.17 bits per heavy atom. The van der Waals surface area contributed by atoms with Gasteiger partial charge in [0.25, 0.3) is 0 Å². The van der Waals surface area contributed by atoms with Gasteiger partial charge in [0.1, 0.15) is 0 Å². The molecule has 23 heavy (non-hydrogen) atoms. The van der Waals surface area contributed by atoms with Crippen LogP contribution in [0.3, 0.4) is 0 Å². The summed E-state index contributed by atoms with van der Waals surface area (Å²) in [6, 6.07) is 15.7. The van der Waals surface area contributed by atoms with E-state index in [2.05, 4.69) is 0 Å². The van der Waals surface area contributed by atoms with Crippen molar-refractivity contribution in [2.24, 2.45) is 0 Å². The maximum Gasteiger partial charge on any atom is 0.227 e. The number of nitrogens with zero attached hydrogens (tertiary/aromatic N) is 1. The molecule has 2 N–H and O–H groups in total. The predicted octanol–water partition coefficient (Wildman–Crippen LogP) is 3.70. The molecule has 0 radical (unpaired) electrons. The summed E-state index contributed by atoms with van der Waals surface area (Å²) in [5, 5.41) is 0.783. The van der Waals surface area contributed by atoms with E-state index in [-0.39, 0.29) is 11.9 Å². The highest BCUT2D eigenvalue weighted by molar-refractivity contribution is 6.31. The Hall–Kier alpha value is -2.00. The number of anilines is 1. The Morgan fingerprint density at radius 2 is 1.91 bits per heavy atom. The minimum absolute atomic E-state index is 0.185. The van der Waals surface area contributed by atoms with Crippen molar-refractivity contribution in [1.29, 1.82) is 0 Å². The fourth-order valence-corrected chi connectivity index (χ4v) is 3.42. The van der Waals surface area contributed by atoms with Crippen molar-refractivity contribution in [1.82, 2.24) is 4.90 Å². The highest BCUT2D eigenvalue weighted by atomic mass is 35.5. The Balaban J connectivity index is 1.67. The number of hydrogen-bond acceptors (Lipinski definition) is 2. The molecule has 3 rings (SSSR count). The van der Waals surface area contributed by atoms with Crippen molar-refractivity contribution >= 4 is 23.2 Å². The summed E-state index contributed by atoms with van der Waals surface area (Å²) in [5.74, 6) is 0.185. The van der Waals surface area contributed by atoms with E-state index >= 15 is 0 Å². The normalized spacial score (nSPS) is 17.4. The Kier molecular flexibility index (Phi) is 4.87. The summed E-state index contributed by atoms with van der Waals surface area (Å²) < 4.78 is 0. The molecule has 1 saturated heterocycles. The topological polar surface area (TPSA) is 46.3 Å². The molecule has 0 aromatic heterocycles. The summed E-state index contributed by atoms with van der Waals surface area (Å²) in [6.07, 6.45) is 3.35. The number of nitrogens with two attached hydrogens (primary N) is 1. The number of carbonyl (C=O) groups is 1. The first kappa shape index (κ1) is 15.9. The molecule has 1 unspecified atom stereocenters. The molecule has 0 saturated carbocycles. The number of rotatable bonds is 4. The SMILES string of the molecule is Nc1ccc(CC(=O)N2CCCC2Cc2ccccc2Cl)cc1. The van der Waals surface area contributed by atoms with Crippen molar-refractivity contribution in [3.8, 4) is 0 Å². The molecule has 1 aliphatic heterocycles. The van der Waals surface area contributed by atoms with Crippen LogP contribution in [-0.4, -0.2) is 23.4 Å². The quantitative estimate of drug-likeness (QED) is 0.870. The average molecular weight is 329 g/mol. The molecule has 1 aliphatic rings. The minimum atomic E-state index is 0.185. The zero-order chi connectivity index (χ0) is 16.2. The van der Waals surface area contributed by atoms with Gasteiger partial charge in [0, 0.05) is 23.3 Å². The minimum Gasteiger partial charge on any atom is -0.399 e. The van der Waals surface area contributed by atoms with Gasteiger partial charge in [-0.05, 0) is 48.6 Å². The Labute approximate surface area is 142 Å². The van der Waals surface area contributed by atoms with Gasteiger partial charge in [0.15, 0.2) is 0 Å². The van der Waals surface area contributed by atoms with Crippen LogP contribution in [0, 0.1) is 0 Å². The smallest absolute Gasteiger partial charge is 0.227 e.